The van der Waals surface area contributed by atoms with Gasteiger partial charge < -0.3 is 15.1 Å². The molecule has 0 radical (unpaired) electrons. The van der Waals surface area contributed by atoms with Crippen molar-refractivity contribution in [3.8, 4) is 0 Å². The van der Waals surface area contributed by atoms with E-state index in [1.807, 2.05) is 32.2 Å². The van der Waals surface area contributed by atoms with Gasteiger partial charge in [0.05, 0.1) is 22.8 Å². The van der Waals surface area contributed by atoms with E-state index in [9.17, 15) is 19.8 Å². The van der Waals surface area contributed by atoms with E-state index >= 15 is 0 Å². The summed E-state index contributed by atoms with van der Waals surface area (Å²) in [5.41, 5.74) is 3.59. The Morgan fingerprint density at radius 3 is 1.60 bits per heavy atom. The van der Waals surface area contributed by atoms with Crippen LogP contribution in [0, 0.1) is 35.5 Å². The molecule has 2 N–H and O–H groups in total. The molecule has 0 spiro atoms. The molecule has 6 heteroatoms. The standard InChI is InChI=1S/C34H42N2O4/c1-18-27(31(37)38)29(26-4-3-5-35-30(26)33-12-20-6-21(13-33)8-22(7-20)14-33)28(32(39)40)19(2)36(18)34-15-23-9-24(16-34)11-25(10-23)17-34/h3-5,20-25,29H,6-17H2,1-2H3,(H,37,38)(H,39,40). The molecule has 8 fully saturated rings. The predicted molar refractivity (Wildman–Crippen MR) is 150 cm³/mol. The second kappa shape index (κ2) is 8.45. The highest BCUT2D eigenvalue weighted by Gasteiger charge is 2.57. The van der Waals surface area contributed by atoms with Gasteiger partial charge >= 0.3 is 11.9 Å². The number of pyridine rings is 1. The Morgan fingerprint density at radius 1 is 0.750 bits per heavy atom. The summed E-state index contributed by atoms with van der Waals surface area (Å²) in [4.78, 5) is 33.7. The first-order valence-electron chi connectivity index (χ1n) is 15.8. The van der Waals surface area contributed by atoms with Crippen LogP contribution in [0.3, 0.4) is 0 Å². The summed E-state index contributed by atoms with van der Waals surface area (Å²) >= 11 is 0. The molecule has 40 heavy (non-hydrogen) atoms. The minimum Gasteiger partial charge on any atom is -0.478 e. The van der Waals surface area contributed by atoms with Crippen LogP contribution in [-0.4, -0.2) is 37.6 Å². The Balaban J connectivity index is 1.30. The van der Waals surface area contributed by atoms with Gasteiger partial charge in [0.2, 0.25) is 0 Å². The molecule has 0 unspecified atom stereocenters. The van der Waals surface area contributed by atoms with Gasteiger partial charge in [-0.15, -0.1) is 0 Å². The summed E-state index contributed by atoms with van der Waals surface area (Å²) < 4.78 is 0. The summed E-state index contributed by atoms with van der Waals surface area (Å²) in [7, 11) is 0. The van der Waals surface area contributed by atoms with Gasteiger partial charge in [-0.2, -0.15) is 0 Å². The van der Waals surface area contributed by atoms with Crippen molar-refractivity contribution in [1.82, 2.24) is 9.88 Å². The zero-order valence-electron chi connectivity index (χ0n) is 23.9. The third-order valence-electron chi connectivity index (χ3n) is 12.7. The summed E-state index contributed by atoms with van der Waals surface area (Å²) in [5, 5.41) is 21.7. The van der Waals surface area contributed by atoms with Crippen LogP contribution < -0.4 is 0 Å². The van der Waals surface area contributed by atoms with Gasteiger partial charge in [0.25, 0.3) is 0 Å². The third kappa shape index (κ3) is 3.43. The molecule has 212 valence electrons. The van der Waals surface area contributed by atoms with Crippen LogP contribution in [0.2, 0.25) is 0 Å². The molecule has 0 saturated heterocycles. The number of nitrogens with zero attached hydrogens (tertiary/aromatic N) is 2. The van der Waals surface area contributed by atoms with E-state index in [4.69, 9.17) is 4.98 Å². The van der Waals surface area contributed by atoms with E-state index < -0.39 is 17.9 Å². The molecule has 1 aromatic heterocycles. The monoisotopic (exact) mass is 542 g/mol. The van der Waals surface area contributed by atoms with Gasteiger partial charge in [-0.05, 0) is 138 Å². The fourth-order valence-electron chi connectivity index (χ4n) is 12.5. The van der Waals surface area contributed by atoms with Gasteiger partial charge in [-0.25, -0.2) is 9.59 Å². The largest absolute Gasteiger partial charge is 0.478 e. The lowest BCUT2D eigenvalue weighted by Gasteiger charge is -2.62. The number of carboxylic acids is 2. The molecule has 8 bridgehead atoms. The highest BCUT2D eigenvalue weighted by molar-refractivity contribution is 5.98. The van der Waals surface area contributed by atoms with E-state index in [0.29, 0.717) is 35.5 Å². The van der Waals surface area contributed by atoms with Crippen LogP contribution in [0.5, 0.6) is 0 Å². The summed E-state index contributed by atoms with van der Waals surface area (Å²) in [5.74, 6) is 1.36. The highest BCUT2D eigenvalue weighted by atomic mass is 16.4. The zero-order chi connectivity index (χ0) is 27.6. The average molecular weight is 543 g/mol. The number of carboxylic acid groups (broad SMARTS) is 2. The van der Waals surface area contributed by atoms with E-state index in [0.717, 1.165) is 61.2 Å². The minimum atomic E-state index is -0.996. The van der Waals surface area contributed by atoms with Crippen LogP contribution in [0.4, 0.5) is 0 Å². The van der Waals surface area contributed by atoms with E-state index in [1.54, 1.807) is 0 Å². The van der Waals surface area contributed by atoms with Crippen LogP contribution in [-0.2, 0) is 15.0 Å². The molecular weight excluding hydrogens is 500 g/mol. The van der Waals surface area contributed by atoms with Gasteiger partial charge in [-0.3, -0.25) is 4.98 Å². The second-order valence-corrected chi connectivity index (χ2v) is 15.2. The topological polar surface area (TPSA) is 90.7 Å². The summed E-state index contributed by atoms with van der Waals surface area (Å²) in [6.07, 6.45) is 16.1. The Labute approximate surface area is 236 Å². The maximum Gasteiger partial charge on any atom is 0.334 e. The fourth-order valence-corrected chi connectivity index (χ4v) is 12.5. The van der Waals surface area contributed by atoms with Crippen molar-refractivity contribution >= 4 is 11.9 Å². The third-order valence-corrected chi connectivity index (χ3v) is 12.7. The SMILES string of the molecule is CC1=C(C(=O)O)C(c2cccnc2C23CC4CC(CC(C4)C2)C3)C(C(=O)O)=C(C)N1C12CC3CC(CC(C3)C1)C2. The first-order valence-corrected chi connectivity index (χ1v) is 15.8. The van der Waals surface area contributed by atoms with E-state index in [1.165, 1.54) is 38.5 Å². The van der Waals surface area contributed by atoms with Crippen molar-refractivity contribution in [3.05, 3.63) is 52.1 Å². The molecule has 9 aliphatic rings. The molecule has 0 amide bonds. The number of aromatic nitrogens is 1. The van der Waals surface area contributed by atoms with Crippen LogP contribution in [0.1, 0.15) is 108 Å². The van der Waals surface area contributed by atoms with Gasteiger partial charge in [-0.1, -0.05) is 6.07 Å². The number of aliphatic carboxylic acids is 2. The molecule has 1 aliphatic heterocycles. The maximum absolute atomic E-state index is 13.2. The predicted octanol–water partition coefficient (Wildman–Crippen LogP) is 6.63. The molecule has 0 atom stereocenters. The molecule has 1 aromatic rings. The van der Waals surface area contributed by atoms with Crippen molar-refractivity contribution in [2.24, 2.45) is 35.5 Å². The van der Waals surface area contributed by atoms with Gasteiger partial charge in [0.15, 0.2) is 0 Å². The quantitative estimate of drug-likeness (QED) is 0.434. The first-order chi connectivity index (χ1) is 19.2. The molecule has 2 heterocycles. The lowest BCUT2D eigenvalue weighted by atomic mass is 9.48. The molecule has 0 aromatic carbocycles. The smallest absolute Gasteiger partial charge is 0.334 e. The number of hydrogen-bond donors (Lipinski definition) is 2. The number of hydrogen-bond acceptors (Lipinski definition) is 4. The van der Waals surface area contributed by atoms with Crippen molar-refractivity contribution in [1.29, 1.82) is 0 Å². The number of carbonyl (C=O) groups is 2. The number of rotatable bonds is 5. The van der Waals surface area contributed by atoms with Gasteiger partial charge in [0.1, 0.15) is 0 Å². The minimum absolute atomic E-state index is 0.0581. The normalized spacial score (nSPS) is 41.8. The van der Waals surface area contributed by atoms with Crippen molar-refractivity contribution in [2.45, 2.75) is 108 Å². The molecule has 8 aliphatic carbocycles. The Hall–Kier alpha value is -2.63. The Kier molecular flexibility index (Phi) is 5.31. The first kappa shape index (κ1) is 25.1. The number of allylic oxidation sites excluding steroid dienone is 2. The average Bonchev–Trinajstić information content (AvgIpc) is 2.86. The highest BCUT2D eigenvalue weighted by Crippen LogP contribution is 2.63. The summed E-state index contributed by atoms with van der Waals surface area (Å²) in [6, 6.07) is 3.88. The Morgan fingerprint density at radius 2 is 1.18 bits per heavy atom. The maximum atomic E-state index is 13.2. The fraction of sp³-hybridized carbons (Fsp3) is 0.676. The van der Waals surface area contributed by atoms with E-state index in [-0.39, 0.29) is 22.1 Å². The zero-order valence-corrected chi connectivity index (χ0v) is 23.9. The van der Waals surface area contributed by atoms with Gasteiger partial charge in [0, 0.05) is 28.5 Å². The van der Waals surface area contributed by atoms with E-state index in [2.05, 4.69) is 4.90 Å². The van der Waals surface area contributed by atoms with Crippen LogP contribution in [0.15, 0.2) is 40.9 Å². The van der Waals surface area contributed by atoms with Crippen molar-refractivity contribution in [3.63, 3.8) is 0 Å². The molecule has 6 nitrogen and oxygen atoms in total. The summed E-state index contributed by atoms with van der Waals surface area (Å²) in [6.45, 7) is 3.91. The van der Waals surface area contributed by atoms with Crippen LogP contribution >= 0.6 is 0 Å². The second-order valence-electron chi connectivity index (χ2n) is 15.2. The Bertz CT molecular complexity index is 1260. The molecule has 8 saturated carbocycles. The van der Waals surface area contributed by atoms with Crippen molar-refractivity contribution in [2.75, 3.05) is 0 Å². The lowest BCUT2D eigenvalue weighted by Crippen LogP contribution is -2.60. The van der Waals surface area contributed by atoms with Crippen molar-refractivity contribution < 1.29 is 19.8 Å². The molecular formula is C34H42N2O4. The van der Waals surface area contributed by atoms with Crippen LogP contribution in [0.25, 0.3) is 0 Å². The lowest BCUT2D eigenvalue weighted by molar-refractivity contribution is -0.134. The molecule has 10 rings (SSSR count).